The molecular formula is C9H13N3O2S. The summed E-state index contributed by atoms with van der Waals surface area (Å²) in [6.45, 7) is 0.862. The summed E-state index contributed by atoms with van der Waals surface area (Å²) < 4.78 is 0. The van der Waals surface area contributed by atoms with Gasteiger partial charge in [0.25, 0.3) is 0 Å². The Hall–Kier alpha value is -1.17. The van der Waals surface area contributed by atoms with E-state index in [1.54, 1.807) is 0 Å². The highest BCUT2D eigenvalue weighted by molar-refractivity contribution is 7.18. The van der Waals surface area contributed by atoms with E-state index in [0.29, 0.717) is 5.13 Å². The first-order chi connectivity index (χ1) is 7.25. The van der Waals surface area contributed by atoms with Crippen LogP contribution in [0.25, 0.3) is 0 Å². The van der Waals surface area contributed by atoms with Crippen LogP contribution in [0, 0.1) is 16.0 Å². The fourth-order valence-corrected chi connectivity index (χ4v) is 2.08. The van der Waals surface area contributed by atoms with Crippen LogP contribution in [0.15, 0.2) is 6.20 Å². The summed E-state index contributed by atoms with van der Waals surface area (Å²) in [5.41, 5.74) is 0. The third-order valence-electron chi connectivity index (χ3n) is 2.44. The fourth-order valence-electron chi connectivity index (χ4n) is 1.42. The summed E-state index contributed by atoms with van der Waals surface area (Å²) in [5.74, 6) is 0.942. The molecule has 0 bridgehead atoms. The van der Waals surface area contributed by atoms with Crippen molar-refractivity contribution >= 4 is 21.5 Å². The Bertz CT molecular complexity index is 349. The molecule has 0 unspecified atom stereocenters. The van der Waals surface area contributed by atoms with Gasteiger partial charge in [-0.05, 0) is 30.1 Å². The van der Waals surface area contributed by atoms with Crippen LogP contribution in [-0.4, -0.2) is 16.5 Å². The van der Waals surface area contributed by atoms with E-state index in [9.17, 15) is 10.1 Å². The Labute approximate surface area is 91.7 Å². The van der Waals surface area contributed by atoms with E-state index in [1.807, 2.05) is 0 Å². The van der Waals surface area contributed by atoms with Gasteiger partial charge in [-0.2, -0.15) is 0 Å². The minimum atomic E-state index is -0.410. The molecule has 1 aromatic rings. The van der Waals surface area contributed by atoms with Gasteiger partial charge in [0.2, 0.25) is 0 Å². The van der Waals surface area contributed by atoms with E-state index in [-0.39, 0.29) is 5.00 Å². The normalized spacial score (nSPS) is 15.2. The summed E-state index contributed by atoms with van der Waals surface area (Å²) in [5, 5.41) is 14.2. The molecule has 0 amide bonds. The predicted molar refractivity (Wildman–Crippen MR) is 59.2 cm³/mol. The van der Waals surface area contributed by atoms with Gasteiger partial charge in [-0.25, -0.2) is 4.98 Å². The van der Waals surface area contributed by atoms with E-state index in [4.69, 9.17) is 0 Å². The zero-order valence-corrected chi connectivity index (χ0v) is 9.13. The second-order valence-electron chi connectivity index (χ2n) is 3.77. The average Bonchev–Trinajstić information content (AvgIpc) is 2.90. The molecule has 82 valence electrons. The molecule has 0 radical (unpaired) electrons. The van der Waals surface area contributed by atoms with Crippen LogP contribution in [-0.2, 0) is 0 Å². The highest BCUT2D eigenvalue weighted by Gasteiger charge is 2.20. The van der Waals surface area contributed by atoms with Gasteiger partial charge in [0.15, 0.2) is 5.13 Å². The summed E-state index contributed by atoms with van der Waals surface area (Å²) in [4.78, 5) is 13.9. The number of rotatable bonds is 6. The lowest BCUT2D eigenvalue weighted by Crippen LogP contribution is -2.00. The molecule has 2 rings (SSSR count). The van der Waals surface area contributed by atoms with Crippen LogP contribution >= 0.6 is 11.3 Å². The van der Waals surface area contributed by atoms with E-state index >= 15 is 0 Å². The maximum atomic E-state index is 10.4. The first kappa shape index (κ1) is 10.4. The molecule has 1 aromatic heterocycles. The monoisotopic (exact) mass is 227 g/mol. The average molecular weight is 227 g/mol. The molecule has 0 aromatic carbocycles. The molecule has 15 heavy (non-hydrogen) atoms. The molecule has 0 spiro atoms. The second-order valence-corrected chi connectivity index (χ2v) is 4.78. The van der Waals surface area contributed by atoms with Gasteiger partial charge in [-0.15, -0.1) is 0 Å². The van der Waals surface area contributed by atoms with Crippen LogP contribution < -0.4 is 5.32 Å². The molecule has 1 saturated carbocycles. The lowest BCUT2D eigenvalue weighted by molar-refractivity contribution is -0.380. The number of hydrogen-bond acceptors (Lipinski definition) is 5. The zero-order valence-electron chi connectivity index (χ0n) is 8.31. The van der Waals surface area contributed by atoms with Gasteiger partial charge in [-0.3, -0.25) is 10.1 Å². The van der Waals surface area contributed by atoms with Crippen molar-refractivity contribution in [2.24, 2.45) is 5.92 Å². The fraction of sp³-hybridized carbons (Fsp3) is 0.667. The molecule has 5 nitrogen and oxygen atoms in total. The summed E-state index contributed by atoms with van der Waals surface area (Å²) >= 11 is 1.09. The summed E-state index contributed by atoms with van der Waals surface area (Å²) in [6.07, 6.45) is 6.44. The Morgan fingerprint density at radius 1 is 1.67 bits per heavy atom. The molecule has 1 heterocycles. The van der Waals surface area contributed by atoms with Gasteiger partial charge < -0.3 is 5.32 Å². The largest absolute Gasteiger partial charge is 0.361 e. The van der Waals surface area contributed by atoms with E-state index in [0.717, 1.165) is 30.2 Å². The Morgan fingerprint density at radius 3 is 3.07 bits per heavy atom. The third-order valence-corrected chi connectivity index (χ3v) is 3.34. The highest BCUT2D eigenvalue weighted by atomic mass is 32.1. The lowest BCUT2D eigenvalue weighted by Gasteiger charge is -2.00. The van der Waals surface area contributed by atoms with Crippen molar-refractivity contribution in [1.29, 1.82) is 0 Å². The SMILES string of the molecule is O=[N+]([O-])c1cnc(NCCCC2CC2)s1. The number of nitrogens with one attached hydrogen (secondary N) is 1. The van der Waals surface area contributed by atoms with E-state index in [1.165, 1.54) is 25.5 Å². The highest BCUT2D eigenvalue weighted by Crippen LogP contribution is 2.33. The van der Waals surface area contributed by atoms with Gasteiger partial charge in [0, 0.05) is 6.54 Å². The minimum absolute atomic E-state index is 0.0969. The van der Waals surface area contributed by atoms with Crippen molar-refractivity contribution < 1.29 is 4.92 Å². The topological polar surface area (TPSA) is 68.1 Å². The van der Waals surface area contributed by atoms with Gasteiger partial charge in [-0.1, -0.05) is 12.8 Å². The quantitative estimate of drug-likeness (QED) is 0.461. The van der Waals surface area contributed by atoms with Crippen molar-refractivity contribution in [3.05, 3.63) is 16.3 Å². The molecule has 1 N–H and O–H groups in total. The van der Waals surface area contributed by atoms with Gasteiger partial charge in [0.1, 0.15) is 6.20 Å². The van der Waals surface area contributed by atoms with Crippen LogP contribution in [0.3, 0.4) is 0 Å². The van der Waals surface area contributed by atoms with Crippen molar-refractivity contribution in [3.8, 4) is 0 Å². The van der Waals surface area contributed by atoms with Crippen LogP contribution in [0.5, 0.6) is 0 Å². The number of thiazole rings is 1. The number of anilines is 1. The van der Waals surface area contributed by atoms with Gasteiger partial charge in [0.05, 0.1) is 4.92 Å². The Morgan fingerprint density at radius 2 is 2.47 bits per heavy atom. The minimum Gasteiger partial charge on any atom is -0.361 e. The molecular weight excluding hydrogens is 214 g/mol. The molecule has 0 saturated heterocycles. The van der Waals surface area contributed by atoms with Crippen molar-refractivity contribution in [2.75, 3.05) is 11.9 Å². The summed E-state index contributed by atoms with van der Waals surface area (Å²) in [7, 11) is 0. The standard InChI is InChI=1S/C9H13N3O2S/c13-12(14)8-6-11-9(15-8)10-5-1-2-7-3-4-7/h6-7H,1-5H2,(H,10,11). The van der Waals surface area contributed by atoms with Gasteiger partial charge >= 0.3 is 5.00 Å². The lowest BCUT2D eigenvalue weighted by atomic mass is 10.2. The number of hydrogen-bond donors (Lipinski definition) is 1. The second kappa shape index (κ2) is 4.57. The number of nitro groups is 1. The zero-order chi connectivity index (χ0) is 10.7. The third kappa shape index (κ3) is 3.16. The Kier molecular flexibility index (Phi) is 3.15. The van der Waals surface area contributed by atoms with Crippen molar-refractivity contribution in [1.82, 2.24) is 4.98 Å². The van der Waals surface area contributed by atoms with E-state index in [2.05, 4.69) is 10.3 Å². The molecule has 1 fully saturated rings. The molecule has 1 aliphatic carbocycles. The molecule has 0 atom stereocenters. The maximum absolute atomic E-state index is 10.4. The van der Waals surface area contributed by atoms with Crippen molar-refractivity contribution in [3.63, 3.8) is 0 Å². The Balaban J connectivity index is 1.70. The molecule has 0 aliphatic heterocycles. The number of nitrogens with zero attached hydrogens (tertiary/aromatic N) is 2. The summed E-state index contributed by atoms with van der Waals surface area (Å²) in [6, 6.07) is 0. The first-order valence-electron chi connectivity index (χ1n) is 5.10. The molecule has 6 heteroatoms. The van der Waals surface area contributed by atoms with Crippen LogP contribution in [0.4, 0.5) is 10.1 Å². The predicted octanol–water partition coefficient (Wildman–Crippen LogP) is 2.65. The maximum Gasteiger partial charge on any atom is 0.345 e. The van der Waals surface area contributed by atoms with Crippen LogP contribution in [0.2, 0.25) is 0 Å². The molecule has 1 aliphatic rings. The van der Waals surface area contributed by atoms with Crippen LogP contribution in [0.1, 0.15) is 25.7 Å². The van der Waals surface area contributed by atoms with Crippen molar-refractivity contribution in [2.45, 2.75) is 25.7 Å². The number of aromatic nitrogens is 1. The smallest absolute Gasteiger partial charge is 0.345 e. The van der Waals surface area contributed by atoms with E-state index < -0.39 is 4.92 Å². The first-order valence-corrected chi connectivity index (χ1v) is 5.91.